The van der Waals surface area contributed by atoms with Gasteiger partial charge in [0.15, 0.2) is 5.01 Å². The van der Waals surface area contributed by atoms with E-state index in [0.29, 0.717) is 5.13 Å². The predicted octanol–water partition coefficient (Wildman–Crippen LogP) is 0.886. The minimum atomic E-state index is 0.584. The van der Waals surface area contributed by atoms with E-state index in [1.54, 1.807) is 6.20 Å². The third kappa shape index (κ3) is 1.63. The normalized spacial score (nSPS) is 9.92. The largest absolute Gasteiger partial charge is 0.298 e. The van der Waals surface area contributed by atoms with E-state index < -0.39 is 0 Å². The first kappa shape index (κ1) is 8.09. The summed E-state index contributed by atoms with van der Waals surface area (Å²) in [4.78, 5) is 4.14. The van der Waals surface area contributed by atoms with Crippen molar-refractivity contribution in [3.63, 3.8) is 0 Å². The lowest BCUT2D eigenvalue weighted by Gasteiger charge is -1.90. The first-order valence-corrected chi connectivity index (χ1v) is 4.43. The lowest BCUT2D eigenvalue weighted by atomic mass is 10.4. The molecule has 0 radical (unpaired) electrons. The molecule has 6 heteroatoms. The lowest BCUT2D eigenvalue weighted by molar-refractivity contribution is 1.07. The van der Waals surface area contributed by atoms with Crippen molar-refractivity contribution in [3.8, 4) is 10.7 Å². The van der Waals surface area contributed by atoms with Crippen molar-refractivity contribution in [2.75, 3.05) is 5.43 Å². The quantitative estimate of drug-likeness (QED) is 0.547. The topological polar surface area (TPSA) is 76.7 Å². The Bertz CT molecular complexity index is 385. The van der Waals surface area contributed by atoms with Gasteiger partial charge < -0.3 is 0 Å². The van der Waals surface area contributed by atoms with Gasteiger partial charge in [-0.3, -0.25) is 10.4 Å². The summed E-state index contributed by atoms with van der Waals surface area (Å²) in [6.45, 7) is 0. The highest BCUT2D eigenvalue weighted by Gasteiger charge is 2.05. The molecule has 0 aliphatic carbocycles. The van der Waals surface area contributed by atoms with Gasteiger partial charge in [-0.25, -0.2) is 5.84 Å². The Labute approximate surface area is 78.6 Å². The van der Waals surface area contributed by atoms with Crippen LogP contribution in [0.25, 0.3) is 10.7 Å². The summed E-state index contributed by atoms with van der Waals surface area (Å²) in [6.07, 6.45) is 1.71. The zero-order valence-electron chi connectivity index (χ0n) is 6.64. The number of rotatable bonds is 2. The van der Waals surface area contributed by atoms with Crippen LogP contribution < -0.4 is 11.3 Å². The van der Waals surface area contributed by atoms with Crippen LogP contribution in [0.1, 0.15) is 0 Å². The monoisotopic (exact) mass is 193 g/mol. The van der Waals surface area contributed by atoms with Crippen molar-refractivity contribution in [3.05, 3.63) is 24.4 Å². The molecule has 0 aliphatic heterocycles. The van der Waals surface area contributed by atoms with Gasteiger partial charge in [0.05, 0.1) is 0 Å². The third-order valence-corrected chi connectivity index (χ3v) is 2.31. The van der Waals surface area contributed by atoms with Gasteiger partial charge in [-0.15, -0.1) is 10.2 Å². The molecule has 2 aromatic rings. The maximum atomic E-state index is 5.18. The van der Waals surface area contributed by atoms with Crippen LogP contribution in [0.15, 0.2) is 24.4 Å². The number of aromatic nitrogens is 3. The Morgan fingerprint density at radius 1 is 1.31 bits per heavy atom. The molecule has 2 heterocycles. The van der Waals surface area contributed by atoms with Gasteiger partial charge in [0.1, 0.15) is 5.69 Å². The van der Waals surface area contributed by atoms with Crippen molar-refractivity contribution < 1.29 is 0 Å². The number of pyridine rings is 1. The van der Waals surface area contributed by atoms with Crippen LogP contribution in [0, 0.1) is 0 Å². The number of hydrazine groups is 1. The van der Waals surface area contributed by atoms with E-state index in [9.17, 15) is 0 Å². The molecule has 0 unspecified atom stereocenters. The molecule has 13 heavy (non-hydrogen) atoms. The van der Waals surface area contributed by atoms with E-state index >= 15 is 0 Å². The first-order chi connectivity index (χ1) is 6.40. The summed E-state index contributed by atoms with van der Waals surface area (Å²) < 4.78 is 0. The summed E-state index contributed by atoms with van der Waals surface area (Å²) in [5.74, 6) is 5.18. The molecule has 0 saturated heterocycles. The molecule has 66 valence electrons. The van der Waals surface area contributed by atoms with E-state index in [1.807, 2.05) is 18.2 Å². The molecule has 0 saturated carbocycles. The molecule has 0 fully saturated rings. The summed E-state index contributed by atoms with van der Waals surface area (Å²) in [7, 11) is 0. The van der Waals surface area contributed by atoms with Crippen molar-refractivity contribution in [1.29, 1.82) is 0 Å². The highest BCUT2D eigenvalue weighted by molar-refractivity contribution is 7.18. The van der Waals surface area contributed by atoms with Gasteiger partial charge in [0, 0.05) is 6.20 Å². The minimum Gasteiger partial charge on any atom is -0.298 e. The number of nitrogen functional groups attached to an aromatic ring is 1. The van der Waals surface area contributed by atoms with Crippen LogP contribution in [0.4, 0.5) is 5.13 Å². The SMILES string of the molecule is NNc1nnc(-c2ccccn2)s1. The maximum absolute atomic E-state index is 5.18. The maximum Gasteiger partial charge on any atom is 0.220 e. The molecule has 3 N–H and O–H groups in total. The molecule has 0 bridgehead atoms. The summed E-state index contributed by atoms with van der Waals surface area (Å²) in [5.41, 5.74) is 3.24. The number of hydrogen-bond acceptors (Lipinski definition) is 6. The van der Waals surface area contributed by atoms with E-state index in [-0.39, 0.29) is 0 Å². The van der Waals surface area contributed by atoms with Gasteiger partial charge in [-0.1, -0.05) is 17.4 Å². The smallest absolute Gasteiger partial charge is 0.220 e. The van der Waals surface area contributed by atoms with E-state index in [2.05, 4.69) is 20.6 Å². The van der Waals surface area contributed by atoms with Crippen molar-refractivity contribution in [2.45, 2.75) is 0 Å². The van der Waals surface area contributed by atoms with E-state index in [1.165, 1.54) is 11.3 Å². The number of nitrogens with zero attached hydrogens (tertiary/aromatic N) is 3. The summed E-state index contributed by atoms with van der Waals surface area (Å²) in [5, 5.41) is 9.07. The fourth-order valence-electron chi connectivity index (χ4n) is 0.874. The average Bonchev–Trinajstić information content (AvgIpc) is 2.67. The van der Waals surface area contributed by atoms with E-state index in [4.69, 9.17) is 5.84 Å². The Balaban J connectivity index is 2.36. The molecule has 0 aromatic carbocycles. The Morgan fingerprint density at radius 3 is 2.85 bits per heavy atom. The number of nitrogens with one attached hydrogen (secondary N) is 1. The molecular formula is C7H7N5S. The lowest BCUT2D eigenvalue weighted by Crippen LogP contribution is -2.05. The van der Waals surface area contributed by atoms with Gasteiger partial charge in [-0.05, 0) is 12.1 Å². The van der Waals surface area contributed by atoms with Crippen LogP contribution in [0.5, 0.6) is 0 Å². The zero-order valence-corrected chi connectivity index (χ0v) is 7.45. The van der Waals surface area contributed by atoms with Crippen LogP contribution in [0.3, 0.4) is 0 Å². The minimum absolute atomic E-state index is 0.584. The Kier molecular flexibility index (Phi) is 2.15. The molecular weight excluding hydrogens is 186 g/mol. The Morgan fingerprint density at radius 2 is 2.23 bits per heavy atom. The fraction of sp³-hybridized carbons (Fsp3) is 0. The van der Waals surface area contributed by atoms with Crippen LogP contribution >= 0.6 is 11.3 Å². The standard InChI is InChI=1S/C7H7N5S/c8-10-7-12-11-6(13-7)5-3-1-2-4-9-5/h1-4H,8H2,(H,10,12). The van der Waals surface area contributed by atoms with Crippen LogP contribution in [0.2, 0.25) is 0 Å². The molecule has 2 aromatic heterocycles. The molecule has 5 nitrogen and oxygen atoms in total. The first-order valence-electron chi connectivity index (χ1n) is 3.61. The number of hydrogen-bond donors (Lipinski definition) is 2. The molecule has 0 spiro atoms. The van der Waals surface area contributed by atoms with Gasteiger partial charge >= 0.3 is 0 Å². The third-order valence-electron chi connectivity index (χ3n) is 1.43. The molecule has 0 aliphatic rings. The zero-order chi connectivity index (χ0) is 9.10. The van der Waals surface area contributed by atoms with Crippen LogP contribution in [-0.4, -0.2) is 15.2 Å². The number of anilines is 1. The van der Waals surface area contributed by atoms with E-state index in [0.717, 1.165) is 10.7 Å². The summed E-state index contributed by atoms with van der Waals surface area (Å²) in [6, 6.07) is 5.63. The molecule has 0 amide bonds. The van der Waals surface area contributed by atoms with Gasteiger partial charge in [-0.2, -0.15) is 0 Å². The average molecular weight is 193 g/mol. The second kappa shape index (κ2) is 3.46. The van der Waals surface area contributed by atoms with Crippen molar-refractivity contribution in [1.82, 2.24) is 15.2 Å². The number of nitrogens with two attached hydrogens (primary N) is 1. The fourth-order valence-corrected chi connectivity index (χ4v) is 1.51. The Hall–Kier alpha value is -1.53. The van der Waals surface area contributed by atoms with Crippen LogP contribution in [-0.2, 0) is 0 Å². The highest BCUT2D eigenvalue weighted by Crippen LogP contribution is 2.23. The molecule has 2 rings (SSSR count). The second-order valence-electron chi connectivity index (χ2n) is 2.27. The van der Waals surface area contributed by atoms with Crippen molar-refractivity contribution in [2.24, 2.45) is 5.84 Å². The summed E-state index contributed by atoms with van der Waals surface area (Å²) >= 11 is 1.37. The predicted molar refractivity (Wildman–Crippen MR) is 51.0 cm³/mol. The second-order valence-corrected chi connectivity index (χ2v) is 3.25. The van der Waals surface area contributed by atoms with Crippen molar-refractivity contribution >= 4 is 16.5 Å². The highest BCUT2D eigenvalue weighted by atomic mass is 32.1. The van der Waals surface area contributed by atoms with Gasteiger partial charge in [0.2, 0.25) is 5.13 Å². The van der Waals surface area contributed by atoms with Gasteiger partial charge in [0.25, 0.3) is 0 Å². The molecule has 0 atom stereocenters.